The lowest BCUT2D eigenvalue weighted by atomic mass is 10.3. The molecule has 0 radical (unpaired) electrons. The van der Waals surface area contributed by atoms with Crippen LogP contribution in [0, 0.1) is 0 Å². The summed E-state index contributed by atoms with van der Waals surface area (Å²) in [6.07, 6.45) is 15.0. The number of aromatic nitrogens is 2. The molecule has 1 aliphatic carbocycles. The van der Waals surface area contributed by atoms with Gasteiger partial charge in [0, 0.05) is 24.5 Å². The smallest absolute Gasteiger partial charge is 0.0493 e. The monoisotopic (exact) mass is 158 g/mol. The van der Waals surface area contributed by atoms with Gasteiger partial charge in [-0.25, -0.2) is 4.68 Å². The van der Waals surface area contributed by atoms with Crippen LogP contribution in [0.5, 0.6) is 0 Å². The number of hydrogen-bond acceptors (Lipinski definition) is 1. The third kappa shape index (κ3) is 1.37. The predicted molar refractivity (Wildman–Crippen MR) is 49.4 cm³/mol. The van der Waals surface area contributed by atoms with Crippen molar-refractivity contribution in [1.82, 2.24) is 9.78 Å². The molecule has 0 N–H and O–H groups in total. The second kappa shape index (κ2) is 3.22. The lowest BCUT2D eigenvalue weighted by molar-refractivity contribution is 0.879. The molecule has 2 nitrogen and oxygen atoms in total. The molecule has 0 aliphatic heterocycles. The third-order valence-electron chi connectivity index (χ3n) is 1.77. The molecule has 12 heavy (non-hydrogen) atoms. The Morgan fingerprint density at radius 3 is 3.08 bits per heavy atom. The van der Waals surface area contributed by atoms with E-state index in [1.165, 1.54) is 5.70 Å². The minimum absolute atomic E-state index is 0.939. The molecule has 0 saturated heterocycles. The molecule has 2 heteroatoms. The topological polar surface area (TPSA) is 17.8 Å². The lowest BCUT2D eigenvalue weighted by Gasteiger charge is -2.01. The van der Waals surface area contributed by atoms with Crippen LogP contribution in [0.25, 0.3) is 5.70 Å². The highest BCUT2D eigenvalue weighted by molar-refractivity contribution is 5.50. The second-order valence-electron chi connectivity index (χ2n) is 2.63. The Kier molecular flexibility index (Phi) is 1.90. The van der Waals surface area contributed by atoms with Crippen molar-refractivity contribution in [3.8, 4) is 0 Å². The van der Waals surface area contributed by atoms with Crippen LogP contribution in [0.4, 0.5) is 0 Å². The van der Waals surface area contributed by atoms with Gasteiger partial charge in [-0.2, -0.15) is 5.10 Å². The normalized spacial score (nSPS) is 15.8. The summed E-state index contributed by atoms with van der Waals surface area (Å²) in [5.41, 5.74) is 1.20. The van der Waals surface area contributed by atoms with Crippen molar-refractivity contribution >= 4 is 5.70 Å². The zero-order chi connectivity index (χ0) is 8.23. The van der Waals surface area contributed by atoms with E-state index in [2.05, 4.69) is 17.3 Å². The molecule has 1 aliphatic rings. The van der Waals surface area contributed by atoms with Crippen LogP contribution >= 0.6 is 0 Å². The van der Waals surface area contributed by atoms with Crippen LogP contribution in [-0.4, -0.2) is 9.78 Å². The van der Waals surface area contributed by atoms with Crippen molar-refractivity contribution < 1.29 is 0 Å². The first kappa shape index (κ1) is 7.10. The molecule has 0 unspecified atom stereocenters. The highest BCUT2D eigenvalue weighted by atomic mass is 15.3. The largest absolute Gasteiger partial charge is 0.245 e. The van der Waals surface area contributed by atoms with Crippen molar-refractivity contribution in [2.45, 2.75) is 6.42 Å². The van der Waals surface area contributed by atoms with E-state index in [9.17, 15) is 0 Å². The zero-order valence-corrected chi connectivity index (χ0v) is 6.72. The molecule has 0 bridgehead atoms. The maximum atomic E-state index is 4.16. The van der Waals surface area contributed by atoms with Gasteiger partial charge in [-0.15, -0.1) is 0 Å². The van der Waals surface area contributed by atoms with Crippen molar-refractivity contribution in [3.05, 3.63) is 48.8 Å². The maximum absolute atomic E-state index is 4.16. The molecule has 60 valence electrons. The average molecular weight is 158 g/mol. The SMILES string of the molecule is C1=CC=C(n2cccn2)CC=C1. The second-order valence-corrected chi connectivity index (χ2v) is 2.63. The molecule has 0 saturated carbocycles. The number of rotatable bonds is 1. The molecule has 0 spiro atoms. The predicted octanol–water partition coefficient (Wildman–Crippen LogP) is 2.24. The Labute approximate surface area is 71.5 Å². The molecule has 1 heterocycles. The summed E-state index contributed by atoms with van der Waals surface area (Å²) >= 11 is 0. The van der Waals surface area contributed by atoms with Gasteiger partial charge in [0.1, 0.15) is 0 Å². The Balaban J connectivity index is 2.30. The van der Waals surface area contributed by atoms with Crippen LogP contribution in [0.15, 0.2) is 48.8 Å². The first-order valence-corrected chi connectivity index (χ1v) is 3.99. The Morgan fingerprint density at radius 2 is 2.25 bits per heavy atom. The molecular weight excluding hydrogens is 148 g/mol. The fourth-order valence-electron chi connectivity index (χ4n) is 1.17. The summed E-state index contributed by atoms with van der Waals surface area (Å²) in [5, 5.41) is 4.16. The fourth-order valence-corrected chi connectivity index (χ4v) is 1.17. The van der Waals surface area contributed by atoms with Gasteiger partial charge in [0.2, 0.25) is 0 Å². The fraction of sp³-hybridized carbons (Fsp3) is 0.100. The van der Waals surface area contributed by atoms with Crippen LogP contribution in [0.1, 0.15) is 6.42 Å². The molecule has 0 amide bonds. The van der Waals surface area contributed by atoms with Gasteiger partial charge in [0.15, 0.2) is 0 Å². The minimum atomic E-state index is 0.939. The van der Waals surface area contributed by atoms with Gasteiger partial charge in [-0.05, 0) is 12.1 Å². The van der Waals surface area contributed by atoms with Gasteiger partial charge in [0.25, 0.3) is 0 Å². The van der Waals surface area contributed by atoms with E-state index in [1.807, 2.05) is 35.2 Å². The summed E-state index contributed by atoms with van der Waals surface area (Å²) in [6.45, 7) is 0. The minimum Gasteiger partial charge on any atom is -0.245 e. The van der Waals surface area contributed by atoms with E-state index in [0.29, 0.717) is 0 Å². The van der Waals surface area contributed by atoms with E-state index >= 15 is 0 Å². The van der Waals surface area contributed by atoms with Crippen molar-refractivity contribution in [2.75, 3.05) is 0 Å². The van der Waals surface area contributed by atoms with Crippen molar-refractivity contribution in [2.24, 2.45) is 0 Å². The van der Waals surface area contributed by atoms with Crippen molar-refractivity contribution in [1.29, 1.82) is 0 Å². The third-order valence-corrected chi connectivity index (χ3v) is 1.77. The summed E-state index contributed by atoms with van der Waals surface area (Å²) < 4.78 is 1.89. The molecule has 2 rings (SSSR count). The lowest BCUT2D eigenvalue weighted by Crippen LogP contribution is -1.95. The van der Waals surface area contributed by atoms with Gasteiger partial charge in [-0.1, -0.05) is 24.3 Å². The number of nitrogens with zero attached hydrogens (tertiary/aromatic N) is 2. The van der Waals surface area contributed by atoms with Gasteiger partial charge >= 0.3 is 0 Å². The summed E-state index contributed by atoms with van der Waals surface area (Å²) in [6, 6.07) is 1.93. The first-order chi connectivity index (χ1) is 5.97. The first-order valence-electron chi connectivity index (χ1n) is 3.99. The summed E-state index contributed by atoms with van der Waals surface area (Å²) in [5.74, 6) is 0. The maximum Gasteiger partial charge on any atom is 0.0493 e. The highest BCUT2D eigenvalue weighted by Gasteiger charge is 1.97. The van der Waals surface area contributed by atoms with E-state index in [1.54, 1.807) is 6.20 Å². The molecule has 0 atom stereocenters. The molecule has 0 aromatic carbocycles. The molecular formula is C10H10N2. The molecule has 0 fully saturated rings. The van der Waals surface area contributed by atoms with Gasteiger partial charge in [-0.3, -0.25) is 0 Å². The van der Waals surface area contributed by atoms with Crippen LogP contribution < -0.4 is 0 Å². The van der Waals surface area contributed by atoms with Crippen molar-refractivity contribution in [3.63, 3.8) is 0 Å². The van der Waals surface area contributed by atoms with E-state index in [0.717, 1.165) is 6.42 Å². The van der Waals surface area contributed by atoms with E-state index < -0.39 is 0 Å². The quantitative estimate of drug-likeness (QED) is 0.613. The Hall–Kier alpha value is -1.57. The Bertz CT molecular complexity index is 329. The van der Waals surface area contributed by atoms with E-state index in [4.69, 9.17) is 0 Å². The van der Waals surface area contributed by atoms with E-state index in [-0.39, 0.29) is 0 Å². The zero-order valence-electron chi connectivity index (χ0n) is 6.72. The van der Waals surface area contributed by atoms with Crippen LogP contribution in [0.3, 0.4) is 0 Å². The molecule has 1 aromatic heterocycles. The highest BCUT2D eigenvalue weighted by Crippen LogP contribution is 2.11. The van der Waals surface area contributed by atoms with Crippen LogP contribution in [-0.2, 0) is 0 Å². The van der Waals surface area contributed by atoms with Gasteiger partial charge < -0.3 is 0 Å². The number of hydrogen-bond donors (Lipinski definition) is 0. The summed E-state index contributed by atoms with van der Waals surface area (Å²) in [7, 11) is 0. The average Bonchev–Trinajstić information content (AvgIpc) is 2.48. The van der Waals surface area contributed by atoms with Crippen LogP contribution in [0.2, 0.25) is 0 Å². The summed E-state index contributed by atoms with van der Waals surface area (Å²) in [4.78, 5) is 0. The Morgan fingerprint density at radius 1 is 1.25 bits per heavy atom. The standard InChI is InChI=1S/C10H10N2/c1-2-4-7-10(6-3-1)12-9-5-8-11-12/h1-6,8-9H,7H2. The number of allylic oxidation sites excluding steroid dienone is 6. The molecule has 1 aromatic rings. The van der Waals surface area contributed by atoms with Gasteiger partial charge in [0.05, 0.1) is 0 Å².